The molecule has 9 nitrogen and oxygen atoms in total. The molecule has 0 atom stereocenters. The largest absolute Gasteiger partial charge is 0.494 e. The molecule has 3 aromatic carbocycles. The summed E-state index contributed by atoms with van der Waals surface area (Å²) in [6.45, 7) is 4.11. The van der Waals surface area contributed by atoms with E-state index < -0.39 is 17.8 Å². The predicted octanol–water partition coefficient (Wildman–Crippen LogP) is 4.60. The van der Waals surface area contributed by atoms with Crippen LogP contribution in [0.3, 0.4) is 0 Å². The van der Waals surface area contributed by atoms with Crippen LogP contribution in [-0.4, -0.2) is 34.5 Å². The number of imide groups is 1. The van der Waals surface area contributed by atoms with Crippen molar-refractivity contribution in [3.05, 3.63) is 94.9 Å². The molecule has 2 heterocycles. The normalized spacial score (nSPS) is 12.6. The van der Waals surface area contributed by atoms with E-state index in [-0.39, 0.29) is 29.2 Å². The second-order valence-corrected chi connectivity index (χ2v) is 8.09. The third-order valence-corrected chi connectivity index (χ3v) is 5.63. The lowest BCUT2D eigenvalue weighted by Crippen LogP contribution is -2.29. The zero-order chi connectivity index (χ0) is 25.2. The van der Waals surface area contributed by atoms with Gasteiger partial charge in [0.1, 0.15) is 5.75 Å². The van der Waals surface area contributed by atoms with E-state index in [0.29, 0.717) is 23.9 Å². The molecule has 0 saturated heterocycles. The maximum Gasteiger partial charge on any atom is 0.338 e. The third kappa shape index (κ3) is 4.34. The number of benzene rings is 3. The molecule has 0 radical (unpaired) electrons. The molecule has 0 saturated carbocycles. The first-order chi connectivity index (χ1) is 17.4. The van der Waals surface area contributed by atoms with E-state index in [4.69, 9.17) is 14.0 Å². The maximum atomic E-state index is 13.0. The van der Waals surface area contributed by atoms with Crippen LogP contribution in [0.1, 0.15) is 49.5 Å². The fourth-order valence-corrected chi connectivity index (χ4v) is 3.80. The lowest BCUT2D eigenvalue weighted by molar-refractivity contribution is 0.0429. The molecule has 0 unspecified atom stereocenters. The molecule has 1 aromatic heterocycles. The van der Waals surface area contributed by atoms with Crippen LogP contribution < -0.4 is 9.64 Å². The number of hydrogen-bond donors (Lipinski definition) is 0. The van der Waals surface area contributed by atoms with E-state index in [9.17, 15) is 14.4 Å². The van der Waals surface area contributed by atoms with Crippen molar-refractivity contribution < 1.29 is 28.4 Å². The van der Waals surface area contributed by atoms with Gasteiger partial charge in [0.2, 0.25) is 5.82 Å². The molecule has 0 aliphatic carbocycles. The molecule has 180 valence electrons. The topological polar surface area (TPSA) is 112 Å². The number of carbonyl (C=O) groups is 3. The minimum absolute atomic E-state index is 0.127. The Morgan fingerprint density at radius 1 is 0.944 bits per heavy atom. The zero-order valence-corrected chi connectivity index (χ0v) is 19.6. The van der Waals surface area contributed by atoms with Gasteiger partial charge in [-0.2, -0.15) is 4.98 Å². The van der Waals surface area contributed by atoms with Crippen molar-refractivity contribution >= 4 is 23.5 Å². The van der Waals surface area contributed by atoms with Gasteiger partial charge in [0.05, 0.1) is 29.0 Å². The molecule has 4 aromatic rings. The summed E-state index contributed by atoms with van der Waals surface area (Å²) in [6.07, 6.45) is 0. The van der Waals surface area contributed by atoms with E-state index >= 15 is 0 Å². The van der Waals surface area contributed by atoms with E-state index in [2.05, 4.69) is 10.1 Å². The van der Waals surface area contributed by atoms with Crippen molar-refractivity contribution in [2.45, 2.75) is 20.5 Å². The summed E-state index contributed by atoms with van der Waals surface area (Å²) in [7, 11) is 0. The van der Waals surface area contributed by atoms with Crippen LogP contribution in [0.5, 0.6) is 5.75 Å². The van der Waals surface area contributed by atoms with Crippen LogP contribution in [-0.2, 0) is 11.3 Å². The Morgan fingerprint density at radius 3 is 2.39 bits per heavy atom. The summed E-state index contributed by atoms with van der Waals surface area (Å²) in [5, 5.41) is 3.91. The van der Waals surface area contributed by atoms with Gasteiger partial charge in [-0.3, -0.25) is 9.59 Å². The Hall–Kier alpha value is -4.79. The van der Waals surface area contributed by atoms with Crippen LogP contribution in [0.4, 0.5) is 5.69 Å². The van der Waals surface area contributed by atoms with Gasteiger partial charge in [-0.05, 0) is 56.3 Å². The van der Waals surface area contributed by atoms with Crippen molar-refractivity contribution in [3.63, 3.8) is 0 Å². The number of aryl methyl sites for hydroxylation is 1. The number of rotatable bonds is 7. The van der Waals surface area contributed by atoms with Gasteiger partial charge in [-0.25, -0.2) is 9.69 Å². The lowest BCUT2D eigenvalue weighted by atomic mass is 10.1. The fraction of sp³-hybridized carbons (Fsp3) is 0.148. The van der Waals surface area contributed by atoms with Crippen LogP contribution in [0.2, 0.25) is 0 Å². The smallest absolute Gasteiger partial charge is 0.338 e. The van der Waals surface area contributed by atoms with Gasteiger partial charge < -0.3 is 14.0 Å². The first-order valence-corrected chi connectivity index (χ1v) is 11.3. The highest BCUT2D eigenvalue weighted by molar-refractivity contribution is 6.34. The van der Waals surface area contributed by atoms with Crippen LogP contribution in [0, 0.1) is 6.92 Å². The minimum Gasteiger partial charge on any atom is -0.494 e. The average Bonchev–Trinajstić information content (AvgIpc) is 3.46. The van der Waals surface area contributed by atoms with Crippen LogP contribution >= 0.6 is 0 Å². The molecule has 0 bridgehead atoms. The highest BCUT2D eigenvalue weighted by atomic mass is 16.6. The summed E-state index contributed by atoms with van der Waals surface area (Å²) in [6, 6.07) is 18.5. The van der Waals surface area contributed by atoms with Crippen molar-refractivity contribution in [2.24, 2.45) is 0 Å². The molecule has 36 heavy (non-hydrogen) atoms. The van der Waals surface area contributed by atoms with Gasteiger partial charge in [0.15, 0.2) is 6.61 Å². The molecule has 9 heteroatoms. The van der Waals surface area contributed by atoms with Gasteiger partial charge >= 0.3 is 5.97 Å². The van der Waals surface area contributed by atoms with Gasteiger partial charge in [-0.15, -0.1) is 0 Å². The standard InChI is InChI=1S/C27H21N3O6/c1-3-34-20-11-9-19(10-12-20)30-25(31)21-13-8-18(14-22(21)26(30)32)27(33)35-15-23-28-24(29-36-23)17-6-4-16(2)5-7-17/h4-14H,3,15H2,1-2H3. The number of anilines is 1. The SMILES string of the molecule is CCOc1ccc(N2C(=O)c3ccc(C(=O)OCc4nc(-c5ccc(C)cc5)no4)cc3C2=O)cc1. The highest BCUT2D eigenvalue weighted by Crippen LogP contribution is 2.30. The Balaban J connectivity index is 1.28. The Labute approximate surface area is 206 Å². The molecule has 0 spiro atoms. The van der Waals surface area contributed by atoms with E-state index in [0.717, 1.165) is 16.0 Å². The zero-order valence-electron chi connectivity index (χ0n) is 19.6. The second-order valence-electron chi connectivity index (χ2n) is 8.09. The number of esters is 1. The number of amides is 2. The van der Waals surface area contributed by atoms with E-state index in [1.807, 2.05) is 38.1 Å². The van der Waals surface area contributed by atoms with Gasteiger partial charge in [0.25, 0.3) is 17.7 Å². The third-order valence-electron chi connectivity index (χ3n) is 5.63. The first kappa shape index (κ1) is 23.0. The number of nitrogens with zero attached hydrogens (tertiary/aromatic N) is 3. The molecule has 1 aliphatic rings. The lowest BCUT2D eigenvalue weighted by Gasteiger charge is -2.14. The molecule has 2 amide bonds. The van der Waals surface area contributed by atoms with E-state index in [1.54, 1.807) is 24.3 Å². The second kappa shape index (κ2) is 9.46. The Morgan fingerprint density at radius 2 is 1.67 bits per heavy atom. The summed E-state index contributed by atoms with van der Waals surface area (Å²) >= 11 is 0. The number of fused-ring (bicyclic) bond motifs is 1. The van der Waals surface area contributed by atoms with Gasteiger partial charge in [-0.1, -0.05) is 35.0 Å². The monoisotopic (exact) mass is 483 g/mol. The number of hydrogen-bond acceptors (Lipinski definition) is 8. The molecule has 1 aliphatic heterocycles. The molecular formula is C27H21N3O6. The quantitative estimate of drug-likeness (QED) is 0.277. The number of ether oxygens (including phenoxy) is 2. The Bertz CT molecular complexity index is 1460. The predicted molar refractivity (Wildman–Crippen MR) is 129 cm³/mol. The summed E-state index contributed by atoms with van der Waals surface area (Å²) < 4.78 is 15.9. The minimum atomic E-state index is -0.687. The maximum absolute atomic E-state index is 13.0. The van der Waals surface area contributed by atoms with Crippen molar-refractivity contribution in [1.29, 1.82) is 0 Å². The Kier molecular flexibility index (Phi) is 6.03. The fourth-order valence-electron chi connectivity index (χ4n) is 3.80. The van der Waals surface area contributed by atoms with Crippen LogP contribution in [0.15, 0.2) is 71.3 Å². The molecule has 0 fully saturated rings. The molecule has 0 N–H and O–H groups in total. The van der Waals surface area contributed by atoms with Gasteiger partial charge in [0, 0.05) is 5.56 Å². The van der Waals surface area contributed by atoms with Crippen LogP contribution in [0.25, 0.3) is 11.4 Å². The molecule has 5 rings (SSSR count). The van der Waals surface area contributed by atoms with Crippen molar-refractivity contribution in [1.82, 2.24) is 10.1 Å². The number of carbonyl (C=O) groups excluding carboxylic acids is 3. The highest BCUT2D eigenvalue weighted by Gasteiger charge is 2.37. The van der Waals surface area contributed by atoms with Crippen molar-refractivity contribution in [3.8, 4) is 17.1 Å². The molecular weight excluding hydrogens is 462 g/mol. The number of aromatic nitrogens is 2. The van der Waals surface area contributed by atoms with E-state index in [1.165, 1.54) is 18.2 Å². The van der Waals surface area contributed by atoms with Crippen molar-refractivity contribution in [2.75, 3.05) is 11.5 Å². The summed E-state index contributed by atoms with van der Waals surface area (Å²) in [5.74, 6) is -0.519. The summed E-state index contributed by atoms with van der Waals surface area (Å²) in [4.78, 5) is 43.8. The summed E-state index contributed by atoms with van der Waals surface area (Å²) in [5.41, 5.74) is 2.76. The average molecular weight is 483 g/mol. The first-order valence-electron chi connectivity index (χ1n) is 11.3.